The largest absolute Gasteiger partial charge is 0.489 e. The lowest BCUT2D eigenvalue weighted by molar-refractivity contribution is 0.300. The van der Waals surface area contributed by atoms with Gasteiger partial charge in [-0.2, -0.15) is 0 Å². The molecule has 1 unspecified atom stereocenters. The summed E-state index contributed by atoms with van der Waals surface area (Å²) in [5.74, 6) is 1.37. The first-order valence-corrected chi connectivity index (χ1v) is 7.49. The summed E-state index contributed by atoms with van der Waals surface area (Å²) in [5, 5.41) is 0. The molecule has 0 amide bonds. The fourth-order valence-corrected chi connectivity index (χ4v) is 2.36. The third kappa shape index (κ3) is 3.79. The van der Waals surface area contributed by atoms with Crippen LogP contribution in [0.1, 0.15) is 43.0 Å². The molecule has 0 radical (unpaired) electrons. The van der Waals surface area contributed by atoms with E-state index in [4.69, 9.17) is 22.7 Å². The molecule has 21 heavy (non-hydrogen) atoms. The molecule has 0 spiro atoms. The standard InChI is InChI=1S/C17H20N2OS/c1-3-12(2)14-8-4-5-9-15(14)20-11-13-7-6-10-19-16(13)17(18)21/h4-10,12H,3,11H2,1-2H3,(H2,18,21). The molecule has 1 aromatic carbocycles. The highest BCUT2D eigenvalue weighted by Gasteiger charge is 2.11. The summed E-state index contributed by atoms with van der Waals surface area (Å²) in [6.07, 6.45) is 2.76. The predicted molar refractivity (Wildman–Crippen MR) is 89.6 cm³/mol. The molecule has 0 saturated carbocycles. The molecular weight excluding hydrogens is 280 g/mol. The van der Waals surface area contributed by atoms with Gasteiger partial charge in [-0.15, -0.1) is 0 Å². The molecule has 1 aromatic heterocycles. The van der Waals surface area contributed by atoms with Gasteiger partial charge in [0.15, 0.2) is 0 Å². The zero-order valence-electron chi connectivity index (χ0n) is 12.4. The van der Waals surface area contributed by atoms with Crippen LogP contribution in [0.25, 0.3) is 0 Å². The number of hydrogen-bond donors (Lipinski definition) is 1. The normalized spacial score (nSPS) is 11.9. The van der Waals surface area contributed by atoms with Gasteiger partial charge in [-0.05, 0) is 30.0 Å². The molecule has 0 fully saturated rings. The molecule has 3 nitrogen and oxygen atoms in total. The topological polar surface area (TPSA) is 48.1 Å². The number of hydrogen-bond acceptors (Lipinski definition) is 3. The molecule has 1 atom stereocenters. The number of para-hydroxylation sites is 1. The number of benzene rings is 1. The molecule has 0 aliphatic carbocycles. The summed E-state index contributed by atoms with van der Waals surface area (Å²) in [7, 11) is 0. The van der Waals surface area contributed by atoms with Crippen molar-refractivity contribution in [3.05, 3.63) is 59.4 Å². The van der Waals surface area contributed by atoms with E-state index in [1.165, 1.54) is 5.56 Å². The van der Waals surface area contributed by atoms with Gasteiger partial charge >= 0.3 is 0 Å². The Kier molecular flexibility index (Phi) is 5.28. The Bertz CT molecular complexity index is 628. The summed E-state index contributed by atoms with van der Waals surface area (Å²) in [5.41, 5.74) is 8.46. The number of pyridine rings is 1. The summed E-state index contributed by atoms with van der Waals surface area (Å²) in [4.78, 5) is 4.51. The van der Waals surface area contributed by atoms with Crippen molar-refractivity contribution in [1.29, 1.82) is 0 Å². The van der Waals surface area contributed by atoms with Crippen molar-refractivity contribution in [2.45, 2.75) is 32.8 Å². The second kappa shape index (κ2) is 7.18. The van der Waals surface area contributed by atoms with Crippen LogP contribution in [0.4, 0.5) is 0 Å². The zero-order chi connectivity index (χ0) is 15.2. The summed E-state index contributed by atoms with van der Waals surface area (Å²) in [6, 6.07) is 11.9. The van der Waals surface area contributed by atoms with Crippen LogP contribution in [0.2, 0.25) is 0 Å². The Morgan fingerprint density at radius 3 is 2.76 bits per heavy atom. The molecule has 1 heterocycles. The molecule has 0 aliphatic heterocycles. The fraction of sp³-hybridized carbons (Fsp3) is 0.294. The minimum atomic E-state index is 0.296. The quantitative estimate of drug-likeness (QED) is 0.824. The van der Waals surface area contributed by atoms with Crippen LogP contribution in [-0.2, 0) is 6.61 Å². The molecule has 2 aromatic rings. The van der Waals surface area contributed by atoms with Crippen LogP contribution in [0.15, 0.2) is 42.6 Å². The monoisotopic (exact) mass is 300 g/mol. The van der Waals surface area contributed by atoms with Crippen LogP contribution in [0.3, 0.4) is 0 Å². The number of thiocarbonyl (C=S) groups is 1. The maximum absolute atomic E-state index is 5.98. The second-order valence-corrected chi connectivity index (χ2v) is 5.45. The molecular formula is C17H20N2OS. The smallest absolute Gasteiger partial charge is 0.123 e. The highest BCUT2D eigenvalue weighted by molar-refractivity contribution is 7.80. The Morgan fingerprint density at radius 2 is 2.05 bits per heavy atom. The van der Waals surface area contributed by atoms with Gasteiger partial charge in [-0.25, -0.2) is 0 Å². The second-order valence-electron chi connectivity index (χ2n) is 5.01. The summed E-state index contributed by atoms with van der Waals surface area (Å²) < 4.78 is 5.98. The number of aromatic nitrogens is 1. The van der Waals surface area contributed by atoms with Crippen LogP contribution in [0.5, 0.6) is 5.75 Å². The van der Waals surface area contributed by atoms with E-state index < -0.39 is 0 Å². The van der Waals surface area contributed by atoms with E-state index in [0.717, 1.165) is 17.7 Å². The van der Waals surface area contributed by atoms with Crippen molar-refractivity contribution < 1.29 is 4.74 Å². The lowest BCUT2D eigenvalue weighted by atomic mass is 9.98. The maximum atomic E-state index is 5.98. The van der Waals surface area contributed by atoms with E-state index in [-0.39, 0.29) is 0 Å². The predicted octanol–water partition coefficient (Wildman–Crippen LogP) is 3.81. The third-order valence-electron chi connectivity index (χ3n) is 3.57. The van der Waals surface area contributed by atoms with Gasteiger partial charge < -0.3 is 10.5 Å². The van der Waals surface area contributed by atoms with Crippen molar-refractivity contribution in [1.82, 2.24) is 4.98 Å². The van der Waals surface area contributed by atoms with E-state index >= 15 is 0 Å². The van der Waals surface area contributed by atoms with Gasteiger partial charge in [0.1, 0.15) is 23.0 Å². The van der Waals surface area contributed by atoms with Gasteiger partial charge in [0, 0.05) is 11.8 Å². The lowest BCUT2D eigenvalue weighted by Crippen LogP contribution is -2.15. The van der Waals surface area contributed by atoms with Crippen molar-refractivity contribution >= 4 is 17.2 Å². The first-order chi connectivity index (χ1) is 10.1. The number of ether oxygens (including phenoxy) is 1. The van der Waals surface area contributed by atoms with Gasteiger partial charge in [-0.3, -0.25) is 4.98 Å². The third-order valence-corrected chi connectivity index (χ3v) is 3.76. The van der Waals surface area contributed by atoms with Crippen LogP contribution < -0.4 is 10.5 Å². The Hall–Kier alpha value is -1.94. The zero-order valence-corrected chi connectivity index (χ0v) is 13.2. The number of rotatable bonds is 6. The van der Waals surface area contributed by atoms with Crippen molar-refractivity contribution in [2.24, 2.45) is 5.73 Å². The first kappa shape index (κ1) is 15.4. The Morgan fingerprint density at radius 1 is 1.29 bits per heavy atom. The average Bonchev–Trinajstić information content (AvgIpc) is 2.52. The first-order valence-electron chi connectivity index (χ1n) is 7.09. The molecule has 0 bridgehead atoms. The van der Waals surface area contributed by atoms with Crippen LogP contribution in [0, 0.1) is 0 Å². The fourth-order valence-electron chi connectivity index (χ4n) is 2.17. The van der Waals surface area contributed by atoms with Crippen molar-refractivity contribution in [2.75, 3.05) is 0 Å². The Labute approximate surface area is 131 Å². The van der Waals surface area contributed by atoms with E-state index in [0.29, 0.717) is 23.2 Å². The maximum Gasteiger partial charge on any atom is 0.123 e. The van der Waals surface area contributed by atoms with E-state index in [9.17, 15) is 0 Å². The molecule has 2 rings (SSSR count). The highest BCUT2D eigenvalue weighted by atomic mass is 32.1. The SMILES string of the molecule is CCC(C)c1ccccc1OCc1cccnc1C(N)=S. The van der Waals surface area contributed by atoms with Gasteiger partial charge in [0.25, 0.3) is 0 Å². The molecule has 0 aliphatic rings. The van der Waals surface area contributed by atoms with E-state index in [2.05, 4.69) is 24.9 Å². The van der Waals surface area contributed by atoms with Crippen LogP contribution in [-0.4, -0.2) is 9.97 Å². The summed E-state index contributed by atoms with van der Waals surface area (Å²) in [6.45, 7) is 4.79. The minimum Gasteiger partial charge on any atom is -0.489 e. The molecule has 2 N–H and O–H groups in total. The number of nitrogens with two attached hydrogens (primary N) is 1. The lowest BCUT2D eigenvalue weighted by Gasteiger charge is -2.16. The van der Waals surface area contributed by atoms with E-state index in [1.54, 1.807) is 6.20 Å². The molecule has 4 heteroatoms. The van der Waals surface area contributed by atoms with E-state index in [1.807, 2.05) is 30.3 Å². The summed E-state index contributed by atoms with van der Waals surface area (Å²) >= 11 is 5.03. The van der Waals surface area contributed by atoms with Crippen LogP contribution >= 0.6 is 12.2 Å². The molecule has 0 saturated heterocycles. The van der Waals surface area contributed by atoms with Gasteiger partial charge in [0.05, 0.1) is 0 Å². The van der Waals surface area contributed by atoms with Gasteiger partial charge in [0.2, 0.25) is 0 Å². The van der Waals surface area contributed by atoms with Gasteiger partial charge in [-0.1, -0.05) is 50.3 Å². The number of nitrogens with zero attached hydrogens (tertiary/aromatic N) is 1. The average molecular weight is 300 g/mol. The van der Waals surface area contributed by atoms with Crippen molar-refractivity contribution in [3.8, 4) is 5.75 Å². The highest BCUT2D eigenvalue weighted by Crippen LogP contribution is 2.29. The van der Waals surface area contributed by atoms with Crippen molar-refractivity contribution in [3.63, 3.8) is 0 Å². The minimum absolute atomic E-state index is 0.296. The Balaban J connectivity index is 2.19. The molecule has 110 valence electrons.